The molecule has 0 spiro atoms. The second-order valence-electron chi connectivity index (χ2n) is 4.74. The van der Waals surface area contributed by atoms with Crippen LogP contribution >= 0.6 is 23.2 Å². The van der Waals surface area contributed by atoms with Crippen LogP contribution in [0.5, 0.6) is 5.75 Å². The average molecular weight is 338 g/mol. The fourth-order valence-electron chi connectivity index (χ4n) is 2.35. The van der Waals surface area contributed by atoms with E-state index in [-0.39, 0.29) is 20.7 Å². The highest BCUT2D eigenvalue weighted by Gasteiger charge is 2.29. The predicted molar refractivity (Wildman–Crippen MR) is 80.2 cm³/mol. The molecule has 2 rings (SSSR count). The first-order valence-corrected chi connectivity index (χ1v) is 8.69. The molecule has 0 atom stereocenters. The van der Waals surface area contributed by atoms with Gasteiger partial charge in [-0.25, -0.2) is 8.42 Å². The Bertz CT molecular complexity index is 582. The van der Waals surface area contributed by atoms with Crippen LogP contribution in [0.3, 0.4) is 0 Å². The molecule has 0 radical (unpaired) electrons. The third-order valence-electron chi connectivity index (χ3n) is 3.36. The van der Waals surface area contributed by atoms with Gasteiger partial charge in [0.15, 0.2) is 5.75 Å². The van der Waals surface area contributed by atoms with E-state index in [2.05, 4.69) is 0 Å². The van der Waals surface area contributed by atoms with Gasteiger partial charge in [0.05, 0.1) is 12.1 Å². The lowest BCUT2D eigenvalue weighted by molar-refractivity contribution is 0.392. The highest BCUT2D eigenvalue weighted by atomic mass is 35.5. The van der Waals surface area contributed by atoms with E-state index in [0.717, 1.165) is 25.7 Å². The number of halogens is 2. The molecule has 0 unspecified atom stereocenters. The topological polar surface area (TPSA) is 46.6 Å². The van der Waals surface area contributed by atoms with Crippen LogP contribution in [0.1, 0.15) is 25.7 Å². The Morgan fingerprint density at radius 1 is 1.10 bits per heavy atom. The van der Waals surface area contributed by atoms with E-state index in [1.54, 1.807) is 0 Å². The molecule has 4 nitrogen and oxygen atoms in total. The Kier molecular flexibility index (Phi) is 5.18. The Hall–Kier alpha value is -0.490. The third kappa shape index (κ3) is 3.22. The van der Waals surface area contributed by atoms with Gasteiger partial charge in [0.25, 0.3) is 0 Å². The number of hydrogen-bond acceptors (Lipinski definition) is 3. The maximum atomic E-state index is 12.8. The fourth-order valence-corrected chi connectivity index (χ4v) is 4.76. The normalized spacial score (nSPS) is 17.8. The Balaban J connectivity index is 2.47. The summed E-state index contributed by atoms with van der Waals surface area (Å²) >= 11 is 12.0. The molecular formula is C13H17Cl2NO3S. The molecule has 7 heteroatoms. The number of ether oxygens (including phenoxy) is 1. The van der Waals surface area contributed by atoms with Crippen molar-refractivity contribution in [2.75, 3.05) is 20.2 Å². The molecule has 1 aromatic carbocycles. The van der Waals surface area contributed by atoms with Crippen molar-refractivity contribution < 1.29 is 13.2 Å². The van der Waals surface area contributed by atoms with Gasteiger partial charge in [0.1, 0.15) is 4.90 Å². The summed E-state index contributed by atoms with van der Waals surface area (Å²) in [4.78, 5) is 0.0411. The maximum Gasteiger partial charge on any atom is 0.246 e. The summed E-state index contributed by atoms with van der Waals surface area (Å²) in [6.45, 7) is 1.05. The molecule has 1 aliphatic rings. The minimum atomic E-state index is -3.63. The molecule has 0 aromatic heterocycles. The molecular weight excluding hydrogens is 321 g/mol. The van der Waals surface area contributed by atoms with Crippen LogP contribution < -0.4 is 4.74 Å². The second-order valence-corrected chi connectivity index (χ2v) is 7.49. The molecule has 1 fully saturated rings. The van der Waals surface area contributed by atoms with Crippen LogP contribution in [0, 0.1) is 0 Å². The van der Waals surface area contributed by atoms with Crippen LogP contribution in [0.15, 0.2) is 17.0 Å². The van der Waals surface area contributed by atoms with Crippen LogP contribution in [0.25, 0.3) is 0 Å². The molecule has 0 N–H and O–H groups in total. The van der Waals surface area contributed by atoms with E-state index in [9.17, 15) is 8.42 Å². The smallest absolute Gasteiger partial charge is 0.246 e. The van der Waals surface area contributed by atoms with Gasteiger partial charge in [0, 0.05) is 18.1 Å². The summed E-state index contributed by atoms with van der Waals surface area (Å²) in [7, 11) is -2.23. The molecule has 0 amide bonds. The summed E-state index contributed by atoms with van der Waals surface area (Å²) in [5.41, 5.74) is 0. The Morgan fingerprint density at radius 2 is 1.70 bits per heavy atom. The lowest BCUT2D eigenvalue weighted by Crippen LogP contribution is -2.32. The highest BCUT2D eigenvalue weighted by Crippen LogP contribution is 2.37. The Morgan fingerprint density at radius 3 is 2.25 bits per heavy atom. The summed E-state index contributed by atoms with van der Waals surface area (Å²) < 4.78 is 32.1. The van der Waals surface area contributed by atoms with E-state index in [0.29, 0.717) is 13.1 Å². The summed E-state index contributed by atoms with van der Waals surface area (Å²) in [5.74, 6) is 0.153. The molecule has 0 bridgehead atoms. The molecule has 1 saturated heterocycles. The second kappa shape index (κ2) is 6.52. The quantitative estimate of drug-likeness (QED) is 0.846. The van der Waals surface area contributed by atoms with Crippen LogP contribution in [0.2, 0.25) is 10.0 Å². The maximum absolute atomic E-state index is 12.8. The largest absolute Gasteiger partial charge is 0.494 e. The van der Waals surface area contributed by atoms with Crippen LogP contribution in [-0.4, -0.2) is 32.9 Å². The van der Waals surface area contributed by atoms with Gasteiger partial charge in [-0.15, -0.1) is 0 Å². The van der Waals surface area contributed by atoms with Gasteiger partial charge in [0.2, 0.25) is 10.0 Å². The van der Waals surface area contributed by atoms with E-state index in [1.807, 2.05) is 0 Å². The van der Waals surface area contributed by atoms with Crippen molar-refractivity contribution >= 4 is 33.2 Å². The number of sulfonamides is 1. The van der Waals surface area contributed by atoms with Crippen LogP contribution in [-0.2, 0) is 10.0 Å². The zero-order valence-corrected chi connectivity index (χ0v) is 13.6. The van der Waals surface area contributed by atoms with E-state index >= 15 is 0 Å². The van der Waals surface area contributed by atoms with E-state index in [1.165, 1.54) is 23.5 Å². The first-order valence-electron chi connectivity index (χ1n) is 6.50. The minimum Gasteiger partial charge on any atom is -0.494 e. The van der Waals surface area contributed by atoms with E-state index < -0.39 is 10.0 Å². The summed E-state index contributed by atoms with van der Waals surface area (Å²) in [6.07, 6.45) is 3.85. The molecule has 0 saturated carbocycles. The minimum absolute atomic E-state index is 0.0411. The fraction of sp³-hybridized carbons (Fsp3) is 0.538. The number of rotatable bonds is 3. The van der Waals surface area contributed by atoms with Gasteiger partial charge < -0.3 is 4.74 Å². The van der Waals surface area contributed by atoms with Crippen molar-refractivity contribution in [3.63, 3.8) is 0 Å². The average Bonchev–Trinajstić information content (AvgIpc) is 2.67. The first kappa shape index (κ1) is 15.9. The van der Waals surface area contributed by atoms with Crippen molar-refractivity contribution in [1.82, 2.24) is 4.31 Å². The van der Waals surface area contributed by atoms with Gasteiger partial charge in [-0.1, -0.05) is 36.0 Å². The summed E-state index contributed by atoms with van der Waals surface area (Å²) in [6, 6.07) is 2.87. The van der Waals surface area contributed by atoms with Gasteiger partial charge in [-0.05, 0) is 25.0 Å². The van der Waals surface area contributed by atoms with Gasteiger partial charge in [-0.2, -0.15) is 4.31 Å². The SMILES string of the molecule is COc1c(Cl)cc(Cl)cc1S(=O)(=O)N1CCCCCC1. The number of benzene rings is 1. The highest BCUT2D eigenvalue weighted by molar-refractivity contribution is 7.89. The lowest BCUT2D eigenvalue weighted by atomic mass is 10.2. The predicted octanol–water partition coefficient (Wildman–Crippen LogP) is 3.57. The monoisotopic (exact) mass is 337 g/mol. The Labute approximate surface area is 129 Å². The van der Waals surface area contributed by atoms with Crippen LogP contribution in [0.4, 0.5) is 0 Å². The zero-order valence-electron chi connectivity index (χ0n) is 11.2. The van der Waals surface area contributed by atoms with Crippen molar-refractivity contribution in [3.05, 3.63) is 22.2 Å². The van der Waals surface area contributed by atoms with Crippen molar-refractivity contribution in [2.24, 2.45) is 0 Å². The molecule has 112 valence electrons. The molecule has 1 aliphatic heterocycles. The number of nitrogens with zero attached hydrogens (tertiary/aromatic N) is 1. The molecule has 0 aliphatic carbocycles. The van der Waals surface area contributed by atoms with Crippen molar-refractivity contribution in [3.8, 4) is 5.75 Å². The van der Waals surface area contributed by atoms with Crippen molar-refractivity contribution in [1.29, 1.82) is 0 Å². The molecule has 1 heterocycles. The van der Waals surface area contributed by atoms with Gasteiger partial charge in [-0.3, -0.25) is 0 Å². The number of hydrogen-bond donors (Lipinski definition) is 0. The van der Waals surface area contributed by atoms with E-state index in [4.69, 9.17) is 27.9 Å². The van der Waals surface area contributed by atoms with Crippen molar-refractivity contribution in [2.45, 2.75) is 30.6 Å². The third-order valence-corrected chi connectivity index (χ3v) is 5.76. The summed E-state index contributed by atoms with van der Waals surface area (Å²) in [5, 5.41) is 0.484. The zero-order chi connectivity index (χ0) is 14.8. The standard InChI is InChI=1S/C13H17Cl2NO3S/c1-19-13-11(15)8-10(14)9-12(13)20(17,18)16-6-4-2-3-5-7-16/h8-9H,2-7H2,1H3. The first-order chi connectivity index (χ1) is 9.46. The molecule has 1 aromatic rings. The van der Waals surface area contributed by atoms with Gasteiger partial charge >= 0.3 is 0 Å². The number of methoxy groups -OCH3 is 1. The molecule has 20 heavy (non-hydrogen) atoms. The lowest BCUT2D eigenvalue weighted by Gasteiger charge is -2.21.